The van der Waals surface area contributed by atoms with Gasteiger partial charge in [-0.15, -0.1) is 11.3 Å². The van der Waals surface area contributed by atoms with Gasteiger partial charge in [-0.25, -0.2) is 4.98 Å². The van der Waals surface area contributed by atoms with E-state index in [9.17, 15) is 0 Å². The van der Waals surface area contributed by atoms with E-state index in [-0.39, 0.29) is 0 Å². The Labute approximate surface area is 138 Å². The summed E-state index contributed by atoms with van der Waals surface area (Å²) in [5.41, 5.74) is 3.86. The first-order valence-electron chi connectivity index (χ1n) is 6.37. The first-order chi connectivity index (χ1) is 10.1. The Balaban J connectivity index is 1.89. The van der Waals surface area contributed by atoms with E-state index in [4.69, 9.17) is 23.2 Å². The van der Waals surface area contributed by atoms with Crippen LogP contribution in [0.1, 0.15) is 16.1 Å². The van der Waals surface area contributed by atoms with Crippen LogP contribution >= 0.6 is 34.5 Å². The standard InChI is InChI=1S/C14H16Cl2N4S/c1-9-13(21-8-20-9)7-19-14(17-2)18-6-10-3-4-11(15)5-12(10)16/h3-5,8H,6-7H2,1-2H3,(H2,17,18,19). The third-order valence-electron chi connectivity index (χ3n) is 2.95. The molecule has 0 spiro atoms. The minimum Gasteiger partial charge on any atom is -0.352 e. The number of hydrogen-bond donors (Lipinski definition) is 2. The molecule has 4 nitrogen and oxygen atoms in total. The number of aromatic nitrogens is 1. The van der Waals surface area contributed by atoms with Gasteiger partial charge in [0.2, 0.25) is 0 Å². The molecule has 0 aliphatic heterocycles. The van der Waals surface area contributed by atoms with Crippen LogP contribution in [0.3, 0.4) is 0 Å². The maximum absolute atomic E-state index is 6.14. The van der Waals surface area contributed by atoms with Crippen molar-refractivity contribution in [1.29, 1.82) is 0 Å². The summed E-state index contributed by atoms with van der Waals surface area (Å²) < 4.78 is 0. The van der Waals surface area contributed by atoms with Gasteiger partial charge in [0.1, 0.15) is 0 Å². The topological polar surface area (TPSA) is 49.3 Å². The van der Waals surface area contributed by atoms with Crippen molar-refractivity contribution in [3.8, 4) is 0 Å². The molecule has 0 radical (unpaired) electrons. The van der Waals surface area contributed by atoms with Crippen LogP contribution in [0.2, 0.25) is 10.0 Å². The highest BCUT2D eigenvalue weighted by Gasteiger charge is 2.05. The van der Waals surface area contributed by atoms with Crippen molar-refractivity contribution in [3.05, 3.63) is 49.9 Å². The van der Waals surface area contributed by atoms with E-state index in [1.807, 2.05) is 24.6 Å². The third-order valence-corrected chi connectivity index (χ3v) is 4.47. The van der Waals surface area contributed by atoms with Crippen LogP contribution in [0.4, 0.5) is 0 Å². The number of benzene rings is 1. The smallest absolute Gasteiger partial charge is 0.191 e. The second kappa shape index (κ2) is 7.64. The molecule has 2 aromatic rings. The minimum absolute atomic E-state index is 0.581. The molecule has 1 aromatic carbocycles. The van der Waals surface area contributed by atoms with E-state index >= 15 is 0 Å². The lowest BCUT2D eigenvalue weighted by molar-refractivity contribution is 0.812. The lowest BCUT2D eigenvalue weighted by atomic mass is 10.2. The Kier molecular flexibility index (Phi) is 5.85. The fourth-order valence-corrected chi connectivity index (χ4v) is 2.92. The van der Waals surface area contributed by atoms with Gasteiger partial charge in [-0.2, -0.15) is 0 Å². The predicted octanol–water partition coefficient (Wildman–Crippen LogP) is 3.62. The van der Waals surface area contributed by atoms with Crippen molar-refractivity contribution in [2.75, 3.05) is 7.05 Å². The first-order valence-corrected chi connectivity index (χ1v) is 8.01. The Hall–Kier alpha value is -1.30. The molecular weight excluding hydrogens is 327 g/mol. The van der Waals surface area contributed by atoms with Crippen LogP contribution in [-0.4, -0.2) is 18.0 Å². The first kappa shape index (κ1) is 16.1. The van der Waals surface area contributed by atoms with Gasteiger partial charge in [0.25, 0.3) is 0 Å². The average molecular weight is 343 g/mol. The summed E-state index contributed by atoms with van der Waals surface area (Å²) in [6.07, 6.45) is 0. The quantitative estimate of drug-likeness (QED) is 0.658. The highest BCUT2D eigenvalue weighted by Crippen LogP contribution is 2.20. The summed E-state index contributed by atoms with van der Waals surface area (Å²) in [4.78, 5) is 9.61. The maximum atomic E-state index is 6.14. The minimum atomic E-state index is 0.581. The van der Waals surface area contributed by atoms with Gasteiger partial charge < -0.3 is 10.6 Å². The Bertz CT molecular complexity index is 640. The second-order valence-corrected chi connectivity index (χ2v) is 6.16. The molecule has 0 saturated carbocycles. The zero-order chi connectivity index (χ0) is 15.2. The van der Waals surface area contributed by atoms with Gasteiger partial charge in [0.15, 0.2) is 5.96 Å². The molecular formula is C14H16Cl2N4S. The summed E-state index contributed by atoms with van der Waals surface area (Å²) in [6, 6.07) is 5.45. The number of halogens is 2. The molecule has 112 valence electrons. The molecule has 0 bridgehead atoms. The third kappa shape index (κ3) is 4.59. The maximum Gasteiger partial charge on any atom is 0.191 e. The summed E-state index contributed by atoms with van der Waals surface area (Å²) >= 11 is 13.7. The van der Waals surface area contributed by atoms with E-state index in [0.717, 1.165) is 11.3 Å². The average Bonchev–Trinajstić information content (AvgIpc) is 2.86. The van der Waals surface area contributed by atoms with Crippen LogP contribution in [0, 0.1) is 6.92 Å². The summed E-state index contributed by atoms with van der Waals surface area (Å²) in [7, 11) is 1.73. The number of aliphatic imine (C=N–C) groups is 1. The molecule has 21 heavy (non-hydrogen) atoms. The van der Waals surface area contributed by atoms with E-state index in [1.165, 1.54) is 4.88 Å². The van der Waals surface area contributed by atoms with Crippen molar-refractivity contribution < 1.29 is 0 Å². The lowest BCUT2D eigenvalue weighted by Gasteiger charge is -2.12. The molecule has 0 atom stereocenters. The van der Waals surface area contributed by atoms with Crippen molar-refractivity contribution in [1.82, 2.24) is 15.6 Å². The number of nitrogens with one attached hydrogen (secondary N) is 2. The highest BCUT2D eigenvalue weighted by atomic mass is 35.5. The number of hydrogen-bond acceptors (Lipinski definition) is 3. The molecule has 0 aliphatic carbocycles. The molecule has 0 unspecified atom stereocenters. The number of rotatable bonds is 4. The zero-order valence-corrected chi connectivity index (χ0v) is 14.1. The van der Waals surface area contributed by atoms with Crippen molar-refractivity contribution in [2.24, 2.45) is 4.99 Å². The Morgan fingerprint density at radius 1 is 1.29 bits per heavy atom. The molecule has 0 fully saturated rings. The van der Waals surface area contributed by atoms with Gasteiger partial charge in [-0.3, -0.25) is 4.99 Å². The summed E-state index contributed by atoms with van der Waals surface area (Å²) in [6.45, 7) is 3.28. The zero-order valence-electron chi connectivity index (χ0n) is 11.8. The molecule has 0 amide bonds. The van der Waals surface area contributed by atoms with Crippen molar-refractivity contribution in [2.45, 2.75) is 20.0 Å². The molecule has 1 aromatic heterocycles. The van der Waals surface area contributed by atoms with Crippen LogP contribution in [0.5, 0.6) is 0 Å². The fraction of sp³-hybridized carbons (Fsp3) is 0.286. The SMILES string of the molecule is CN=C(NCc1ccc(Cl)cc1Cl)NCc1scnc1C. The second-order valence-electron chi connectivity index (χ2n) is 4.38. The molecule has 2 rings (SSSR count). The molecule has 1 heterocycles. The number of aryl methyl sites for hydroxylation is 1. The predicted molar refractivity (Wildman–Crippen MR) is 90.4 cm³/mol. The molecule has 0 aliphatic rings. The van der Waals surface area contributed by atoms with Crippen LogP contribution in [-0.2, 0) is 13.1 Å². The van der Waals surface area contributed by atoms with E-state index in [0.29, 0.717) is 29.1 Å². The van der Waals surface area contributed by atoms with Gasteiger partial charge in [0, 0.05) is 28.5 Å². The largest absolute Gasteiger partial charge is 0.352 e. The van der Waals surface area contributed by atoms with Crippen LogP contribution in [0.25, 0.3) is 0 Å². The van der Waals surface area contributed by atoms with Gasteiger partial charge >= 0.3 is 0 Å². The molecule has 2 N–H and O–H groups in total. The van der Waals surface area contributed by atoms with E-state index < -0.39 is 0 Å². The molecule has 0 saturated heterocycles. The van der Waals surface area contributed by atoms with Gasteiger partial charge in [-0.1, -0.05) is 29.3 Å². The van der Waals surface area contributed by atoms with E-state index in [2.05, 4.69) is 20.6 Å². The Morgan fingerprint density at radius 2 is 2.05 bits per heavy atom. The summed E-state index contributed by atoms with van der Waals surface area (Å²) in [5.74, 6) is 0.716. The van der Waals surface area contributed by atoms with Gasteiger partial charge in [-0.05, 0) is 24.6 Å². The number of guanidine groups is 1. The normalized spacial score (nSPS) is 11.5. The number of thiazole rings is 1. The lowest BCUT2D eigenvalue weighted by Crippen LogP contribution is -2.36. The summed E-state index contributed by atoms with van der Waals surface area (Å²) in [5, 5.41) is 7.75. The van der Waals surface area contributed by atoms with Crippen molar-refractivity contribution >= 4 is 40.5 Å². The highest BCUT2D eigenvalue weighted by molar-refractivity contribution is 7.09. The van der Waals surface area contributed by atoms with Crippen molar-refractivity contribution in [3.63, 3.8) is 0 Å². The molecule has 7 heteroatoms. The van der Waals surface area contributed by atoms with E-state index in [1.54, 1.807) is 24.5 Å². The number of nitrogens with zero attached hydrogens (tertiary/aromatic N) is 2. The van der Waals surface area contributed by atoms with Crippen LogP contribution in [0.15, 0.2) is 28.7 Å². The Morgan fingerprint density at radius 3 is 2.67 bits per heavy atom. The van der Waals surface area contributed by atoms with Crippen LogP contribution < -0.4 is 10.6 Å². The fourth-order valence-electron chi connectivity index (χ4n) is 1.72. The monoisotopic (exact) mass is 342 g/mol. The van der Waals surface area contributed by atoms with Gasteiger partial charge in [0.05, 0.1) is 17.7 Å².